The molecule has 1 atom stereocenters. The molecule has 94 valence electrons. The first-order valence-corrected chi connectivity index (χ1v) is 6.14. The summed E-state index contributed by atoms with van der Waals surface area (Å²) >= 11 is 0. The highest BCUT2D eigenvalue weighted by molar-refractivity contribution is 5.83. The predicted octanol–water partition coefficient (Wildman–Crippen LogP) is 2.87. The molecule has 0 aromatic heterocycles. The van der Waals surface area contributed by atoms with Gasteiger partial charge < -0.3 is 5.73 Å². The van der Waals surface area contributed by atoms with Crippen LogP contribution in [0.25, 0.3) is 0 Å². The van der Waals surface area contributed by atoms with Gasteiger partial charge in [-0.25, -0.2) is 0 Å². The fraction of sp³-hybridized carbons (Fsp3) is 0.533. The van der Waals surface area contributed by atoms with Crippen LogP contribution in [0.3, 0.4) is 0 Å². The van der Waals surface area contributed by atoms with Crippen molar-refractivity contribution in [2.24, 2.45) is 11.1 Å². The number of aryl methyl sites for hydroxylation is 1. The highest BCUT2D eigenvalue weighted by Crippen LogP contribution is 2.27. The first-order chi connectivity index (χ1) is 7.80. The van der Waals surface area contributed by atoms with E-state index in [4.69, 9.17) is 5.73 Å². The van der Waals surface area contributed by atoms with Gasteiger partial charge in [-0.2, -0.15) is 0 Å². The number of rotatable bonds is 5. The van der Waals surface area contributed by atoms with Crippen LogP contribution in [0.5, 0.6) is 0 Å². The molecule has 0 fully saturated rings. The highest BCUT2D eigenvalue weighted by atomic mass is 16.1. The van der Waals surface area contributed by atoms with Crippen molar-refractivity contribution >= 4 is 5.78 Å². The molecule has 1 aromatic carbocycles. The number of carbonyl (C=O) groups excluding carboxylic acids is 1. The van der Waals surface area contributed by atoms with Crippen LogP contribution in [0.1, 0.15) is 38.3 Å². The average molecular weight is 233 g/mol. The van der Waals surface area contributed by atoms with Crippen molar-refractivity contribution in [1.82, 2.24) is 0 Å². The molecule has 2 heteroatoms. The summed E-state index contributed by atoms with van der Waals surface area (Å²) in [6, 6.07) is 8.09. The average Bonchev–Trinajstić information content (AvgIpc) is 2.15. The topological polar surface area (TPSA) is 43.1 Å². The van der Waals surface area contributed by atoms with E-state index in [1.54, 1.807) is 6.92 Å². The zero-order valence-electron chi connectivity index (χ0n) is 11.3. The van der Waals surface area contributed by atoms with Crippen LogP contribution in [0.4, 0.5) is 0 Å². The zero-order valence-corrected chi connectivity index (χ0v) is 11.3. The van der Waals surface area contributed by atoms with E-state index in [-0.39, 0.29) is 17.2 Å². The number of hydrogen-bond acceptors (Lipinski definition) is 2. The summed E-state index contributed by atoms with van der Waals surface area (Å²) in [6.45, 7) is 8.08. The molecule has 0 bridgehead atoms. The van der Waals surface area contributed by atoms with Crippen molar-refractivity contribution in [3.8, 4) is 0 Å². The smallest absolute Gasteiger partial charge is 0.149 e. The van der Waals surface area contributed by atoms with Gasteiger partial charge in [0.2, 0.25) is 0 Å². The Kier molecular flexibility index (Phi) is 4.47. The summed E-state index contributed by atoms with van der Waals surface area (Å²) in [5.41, 5.74) is 8.13. The van der Waals surface area contributed by atoms with Gasteiger partial charge in [-0.05, 0) is 31.2 Å². The lowest BCUT2D eigenvalue weighted by molar-refractivity contribution is -0.121. The number of benzene rings is 1. The standard InChI is InChI=1S/C15H23NO/c1-11-6-5-7-13(8-11)9-15(3,4)10-14(17)12(2)16/h5-8,12H,9-10,16H2,1-4H3. The highest BCUT2D eigenvalue weighted by Gasteiger charge is 2.23. The maximum atomic E-state index is 11.7. The van der Waals surface area contributed by atoms with Crippen LogP contribution < -0.4 is 5.73 Å². The Balaban J connectivity index is 2.69. The van der Waals surface area contributed by atoms with E-state index in [1.807, 2.05) is 0 Å². The van der Waals surface area contributed by atoms with E-state index in [0.29, 0.717) is 6.42 Å². The molecule has 2 N–H and O–H groups in total. The molecular weight excluding hydrogens is 210 g/mol. The summed E-state index contributed by atoms with van der Waals surface area (Å²) < 4.78 is 0. The molecule has 0 saturated carbocycles. The molecule has 0 heterocycles. The molecule has 0 aliphatic rings. The molecule has 0 aliphatic carbocycles. The van der Waals surface area contributed by atoms with Crippen LogP contribution in [-0.2, 0) is 11.2 Å². The van der Waals surface area contributed by atoms with Gasteiger partial charge in [-0.1, -0.05) is 43.7 Å². The van der Waals surface area contributed by atoms with Gasteiger partial charge in [0.05, 0.1) is 6.04 Å². The minimum absolute atomic E-state index is 0.0293. The number of hydrogen-bond donors (Lipinski definition) is 1. The molecule has 0 aliphatic heterocycles. The van der Waals surface area contributed by atoms with E-state index in [0.717, 1.165) is 6.42 Å². The minimum atomic E-state index is -0.355. The summed E-state index contributed by atoms with van der Waals surface area (Å²) in [7, 11) is 0. The summed E-state index contributed by atoms with van der Waals surface area (Å²) in [5, 5.41) is 0. The molecule has 0 saturated heterocycles. The lowest BCUT2D eigenvalue weighted by atomic mass is 9.80. The Morgan fingerprint density at radius 2 is 2.06 bits per heavy atom. The van der Waals surface area contributed by atoms with Gasteiger partial charge in [-0.3, -0.25) is 4.79 Å². The zero-order chi connectivity index (χ0) is 13.1. The van der Waals surface area contributed by atoms with Crippen LogP contribution in [0.15, 0.2) is 24.3 Å². The van der Waals surface area contributed by atoms with Gasteiger partial charge in [0.15, 0.2) is 0 Å². The van der Waals surface area contributed by atoms with Crippen molar-refractivity contribution in [2.45, 2.75) is 46.6 Å². The molecule has 1 aromatic rings. The maximum Gasteiger partial charge on any atom is 0.149 e. The van der Waals surface area contributed by atoms with Crippen LogP contribution in [-0.4, -0.2) is 11.8 Å². The second-order valence-electron chi connectivity index (χ2n) is 5.76. The summed E-state index contributed by atoms with van der Waals surface area (Å²) in [4.78, 5) is 11.7. The second-order valence-corrected chi connectivity index (χ2v) is 5.76. The predicted molar refractivity (Wildman–Crippen MR) is 71.9 cm³/mol. The Morgan fingerprint density at radius 1 is 1.41 bits per heavy atom. The number of ketones is 1. The molecule has 0 spiro atoms. The first kappa shape index (κ1) is 13.9. The third-order valence-corrected chi connectivity index (χ3v) is 2.93. The van der Waals surface area contributed by atoms with Crippen molar-refractivity contribution in [1.29, 1.82) is 0 Å². The molecular formula is C15H23NO. The normalized spacial score (nSPS) is 13.5. The van der Waals surface area contributed by atoms with Gasteiger partial charge in [0.1, 0.15) is 5.78 Å². The van der Waals surface area contributed by atoms with Crippen molar-refractivity contribution in [2.75, 3.05) is 0 Å². The fourth-order valence-corrected chi connectivity index (χ4v) is 2.07. The van der Waals surface area contributed by atoms with E-state index in [2.05, 4.69) is 45.0 Å². The largest absolute Gasteiger partial charge is 0.322 e. The molecule has 2 nitrogen and oxygen atoms in total. The van der Waals surface area contributed by atoms with Crippen LogP contribution in [0, 0.1) is 12.3 Å². The Labute approximate surface area is 104 Å². The van der Waals surface area contributed by atoms with Crippen molar-refractivity contribution < 1.29 is 4.79 Å². The SMILES string of the molecule is Cc1cccc(CC(C)(C)CC(=O)C(C)N)c1. The molecule has 1 unspecified atom stereocenters. The van der Waals surface area contributed by atoms with E-state index >= 15 is 0 Å². The van der Waals surface area contributed by atoms with E-state index in [1.165, 1.54) is 11.1 Å². The van der Waals surface area contributed by atoms with Gasteiger partial charge in [0, 0.05) is 6.42 Å². The quantitative estimate of drug-likeness (QED) is 0.849. The fourth-order valence-electron chi connectivity index (χ4n) is 2.07. The Morgan fingerprint density at radius 3 is 2.59 bits per heavy atom. The van der Waals surface area contributed by atoms with E-state index < -0.39 is 0 Å². The minimum Gasteiger partial charge on any atom is -0.322 e. The van der Waals surface area contributed by atoms with Crippen molar-refractivity contribution in [3.63, 3.8) is 0 Å². The number of carbonyl (C=O) groups is 1. The molecule has 1 rings (SSSR count). The van der Waals surface area contributed by atoms with Gasteiger partial charge in [0.25, 0.3) is 0 Å². The number of nitrogens with two attached hydrogens (primary N) is 1. The molecule has 0 radical (unpaired) electrons. The Hall–Kier alpha value is -1.15. The molecule has 17 heavy (non-hydrogen) atoms. The van der Waals surface area contributed by atoms with Gasteiger partial charge >= 0.3 is 0 Å². The summed E-state index contributed by atoms with van der Waals surface area (Å²) in [5.74, 6) is 0.141. The molecule has 0 amide bonds. The van der Waals surface area contributed by atoms with Crippen LogP contribution in [0.2, 0.25) is 0 Å². The van der Waals surface area contributed by atoms with Crippen LogP contribution >= 0.6 is 0 Å². The van der Waals surface area contributed by atoms with Crippen molar-refractivity contribution in [3.05, 3.63) is 35.4 Å². The summed E-state index contributed by atoms with van der Waals surface area (Å²) in [6.07, 6.45) is 1.45. The lowest BCUT2D eigenvalue weighted by Gasteiger charge is -2.25. The maximum absolute atomic E-state index is 11.7. The van der Waals surface area contributed by atoms with Gasteiger partial charge in [-0.15, -0.1) is 0 Å². The van der Waals surface area contributed by atoms with E-state index in [9.17, 15) is 4.79 Å². The lowest BCUT2D eigenvalue weighted by Crippen LogP contribution is -2.31. The number of Topliss-reactive ketones (excluding diaryl/α,β-unsaturated/α-hetero) is 1. The second kappa shape index (κ2) is 5.46. The monoisotopic (exact) mass is 233 g/mol. The third kappa shape index (κ3) is 4.70. The Bertz CT molecular complexity index is 394. The third-order valence-electron chi connectivity index (χ3n) is 2.93. The first-order valence-electron chi connectivity index (χ1n) is 6.14.